The van der Waals surface area contributed by atoms with Gasteiger partial charge in [0.25, 0.3) is 0 Å². The van der Waals surface area contributed by atoms with E-state index in [1.165, 1.54) is 4.80 Å². The summed E-state index contributed by atoms with van der Waals surface area (Å²) in [5.74, 6) is 0.669. The van der Waals surface area contributed by atoms with Crippen LogP contribution in [-0.4, -0.2) is 36.0 Å². The third kappa shape index (κ3) is 3.10. The van der Waals surface area contributed by atoms with Crippen molar-refractivity contribution in [1.29, 1.82) is 0 Å². The van der Waals surface area contributed by atoms with Crippen LogP contribution in [0.3, 0.4) is 0 Å². The molecule has 0 radical (unpaired) electrons. The minimum absolute atomic E-state index is 0.452. The van der Waals surface area contributed by atoms with Gasteiger partial charge >= 0.3 is 0 Å². The highest BCUT2D eigenvalue weighted by Crippen LogP contribution is 2.01. The van der Waals surface area contributed by atoms with E-state index in [1.807, 2.05) is 10.7 Å². The van der Waals surface area contributed by atoms with Crippen LogP contribution in [0, 0.1) is 0 Å². The lowest BCUT2D eigenvalue weighted by atomic mass is 10.3. The van der Waals surface area contributed by atoms with Crippen molar-refractivity contribution in [2.24, 2.45) is 7.05 Å². The molecule has 0 aliphatic heterocycles. The predicted molar refractivity (Wildman–Crippen MR) is 62.1 cm³/mol. The van der Waals surface area contributed by atoms with Crippen molar-refractivity contribution in [3.8, 4) is 0 Å². The first-order valence-corrected chi connectivity index (χ1v) is 5.62. The van der Waals surface area contributed by atoms with Crippen LogP contribution in [0.4, 0.5) is 0 Å². The molecule has 0 saturated heterocycles. The average molecular weight is 235 g/mol. The van der Waals surface area contributed by atoms with Crippen molar-refractivity contribution >= 4 is 0 Å². The van der Waals surface area contributed by atoms with E-state index >= 15 is 0 Å². The summed E-state index contributed by atoms with van der Waals surface area (Å²) < 4.78 is 1.88. The second-order valence-corrected chi connectivity index (χ2v) is 4.21. The van der Waals surface area contributed by atoms with E-state index in [1.54, 1.807) is 13.2 Å². The van der Waals surface area contributed by atoms with Gasteiger partial charge < -0.3 is 5.32 Å². The molecular formula is C10H17N7. The second kappa shape index (κ2) is 5.05. The molecule has 0 bridgehead atoms. The van der Waals surface area contributed by atoms with Gasteiger partial charge in [0.1, 0.15) is 6.54 Å². The summed E-state index contributed by atoms with van der Waals surface area (Å²) in [5, 5.41) is 19.5. The van der Waals surface area contributed by atoms with Crippen LogP contribution in [0.1, 0.15) is 25.4 Å². The van der Waals surface area contributed by atoms with Gasteiger partial charge in [0.05, 0.1) is 12.7 Å². The lowest BCUT2D eigenvalue weighted by Gasteiger charge is -2.09. The van der Waals surface area contributed by atoms with Crippen molar-refractivity contribution < 1.29 is 0 Å². The Morgan fingerprint density at radius 2 is 2.24 bits per heavy atom. The summed E-state index contributed by atoms with van der Waals surface area (Å²) in [6.07, 6.45) is 1.79. The molecule has 2 heterocycles. The summed E-state index contributed by atoms with van der Waals surface area (Å²) in [7, 11) is 1.75. The summed E-state index contributed by atoms with van der Waals surface area (Å²) in [4.78, 5) is 1.45. The Balaban J connectivity index is 2.03. The van der Waals surface area contributed by atoms with Crippen molar-refractivity contribution in [3.63, 3.8) is 0 Å². The van der Waals surface area contributed by atoms with E-state index in [9.17, 15) is 0 Å². The van der Waals surface area contributed by atoms with Crippen molar-refractivity contribution in [1.82, 2.24) is 35.3 Å². The van der Waals surface area contributed by atoms with Crippen LogP contribution in [0.25, 0.3) is 0 Å². The smallest absolute Gasteiger partial charge is 0.196 e. The number of nitrogens with zero attached hydrogens (tertiary/aromatic N) is 6. The first-order chi connectivity index (χ1) is 8.15. The van der Waals surface area contributed by atoms with Crippen LogP contribution in [0.2, 0.25) is 0 Å². The van der Waals surface area contributed by atoms with Crippen molar-refractivity contribution in [3.05, 3.63) is 23.8 Å². The van der Waals surface area contributed by atoms with Crippen LogP contribution < -0.4 is 5.32 Å². The fourth-order valence-corrected chi connectivity index (χ4v) is 1.48. The molecule has 7 nitrogen and oxygen atoms in total. The van der Waals surface area contributed by atoms with Gasteiger partial charge in [0.15, 0.2) is 5.82 Å². The summed E-state index contributed by atoms with van der Waals surface area (Å²) in [5.41, 5.74) is 1.12. The Morgan fingerprint density at radius 1 is 1.41 bits per heavy atom. The third-order valence-corrected chi connectivity index (χ3v) is 2.34. The minimum atomic E-state index is 0.452. The first kappa shape index (κ1) is 11.7. The maximum atomic E-state index is 4.26. The number of hydrogen-bond donors (Lipinski definition) is 1. The van der Waals surface area contributed by atoms with Crippen molar-refractivity contribution in [2.75, 3.05) is 0 Å². The number of hydrogen-bond acceptors (Lipinski definition) is 5. The van der Waals surface area contributed by atoms with Gasteiger partial charge in [-0.25, -0.2) is 0 Å². The Labute approximate surface area is 99.8 Å². The van der Waals surface area contributed by atoms with Gasteiger partial charge in [-0.15, -0.1) is 10.2 Å². The average Bonchev–Trinajstić information content (AvgIpc) is 2.86. The summed E-state index contributed by atoms with van der Waals surface area (Å²) in [6, 6.07) is 2.44. The lowest BCUT2D eigenvalue weighted by Crippen LogP contribution is -2.24. The number of aromatic nitrogens is 6. The molecule has 0 amide bonds. The molecule has 0 aliphatic rings. The van der Waals surface area contributed by atoms with Gasteiger partial charge in [0.2, 0.25) is 0 Å². The highest BCUT2D eigenvalue weighted by molar-refractivity contribution is 5.01. The molecule has 0 aliphatic carbocycles. The number of tetrazole rings is 1. The molecule has 1 N–H and O–H groups in total. The molecule has 2 aromatic rings. The normalized spacial score (nSPS) is 11.3. The number of rotatable bonds is 5. The highest BCUT2D eigenvalue weighted by atomic mass is 15.6. The van der Waals surface area contributed by atoms with Crippen LogP contribution >= 0.6 is 0 Å². The van der Waals surface area contributed by atoms with Crippen LogP contribution in [0.15, 0.2) is 12.3 Å². The Bertz CT molecular complexity index is 470. The maximum absolute atomic E-state index is 4.26. The summed E-state index contributed by atoms with van der Waals surface area (Å²) in [6.45, 7) is 5.57. The SMILES string of the molecule is CC(C)NCc1ccnn1Cc1nnn(C)n1. The summed E-state index contributed by atoms with van der Waals surface area (Å²) >= 11 is 0. The van der Waals surface area contributed by atoms with Crippen LogP contribution in [-0.2, 0) is 20.1 Å². The minimum Gasteiger partial charge on any atom is -0.309 e. The Morgan fingerprint density at radius 3 is 2.88 bits per heavy atom. The molecule has 92 valence electrons. The zero-order chi connectivity index (χ0) is 12.3. The lowest BCUT2D eigenvalue weighted by molar-refractivity contribution is 0.540. The van der Waals surface area contributed by atoms with E-state index in [0.29, 0.717) is 18.4 Å². The molecular weight excluding hydrogens is 218 g/mol. The standard InChI is InChI=1S/C10H17N7/c1-8(2)11-6-9-4-5-12-17(9)7-10-13-15-16(3)14-10/h4-5,8,11H,6-7H2,1-3H3. The zero-order valence-corrected chi connectivity index (χ0v) is 10.3. The Hall–Kier alpha value is -1.76. The molecule has 0 aromatic carbocycles. The molecule has 17 heavy (non-hydrogen) atoms. The topological polar surface area (TPSA) is 73.5 Å². The van der Waals surface area contributed by atoms with Gasteiger partial charge in [-0.3, -0.25) is 4.68 Å². The molecule has 0 spiro atoms. The number of aryl methyl sites for hydroxylation is 1. The monoisotopic (exact) mass is 235 g/mol. The molecule has 0 atom stereocenters. The zero-order valence-electron chi connectivity index (χ0n) is 10.3. The van der Waals surface area contributed by atoms with E-state index in [4.69, 9.17) is 0 Å². The van der Waals surface area contributed by atoms with E-state index in [2.05, 4.69) is 39.7 Å². The molecule has 2 aromatic heterocycles. The largest absolute Gasteiger partial charge is 0.309 e. The van der Waals surface area contributed by atoms with E-state index in [-0.39, 0.29) is 0 Å². The predicted octanol–water partition coefficient (Wildman–Crippen LogP) is -0.0471. The molecule has 0 unspecified atom stereocenters. The Kier molecular flexibility index (Phi) is 3.48. The van der Waals surface area contributed by atoms with Crippen molar-refractivity contribution in [2.45, 2.75) is 33.0 Å². The number of nitrogens with one attached hydrogen (secondary N) is 1. The molecule has 0 saturated carbocycles. The maximum Gasteiger partial charge on any atom is 0.196 e. The van der Waals surface area contributed by atoms with E-state index in [0.717, 1.165) is 12.2 Å². The second-order valence-electron chi connectivity index (χ2n) is 4.21. The highest BCUT2D eigenvalue weighted by Gasteiger charge is 2.07. The van der Waals surface area contributed by atoms with E-state index < -0.39 is 0 Å². The third-order valence-electron chi connectivity index (χ3n) is 2.34. The first-order valence-electron chi connectivity index (χ1n) is 5.62. The molecule has 7 heteroatoms. The van der Waals surface area contributed by atoms with Crippen LogP contribution in [0.5, 0.6) is 0 Å². The van der Waals surface area contributed by atoms with Gasteiger partial charge in [0, 0.05) is 18.8 Å². The fourth-order valence-electron chi connectivity index (χ4n) is 1.48. The molecule has 0 fully saturated rings. The molecule has 2 rings (SSSR count). The van der Waals surface area contributed by atoms with Gasteiger partial charge in [-0.1, -0.05) is 13.8 Å². The van der Waals surface area contributed by atoms with Gasteiger partial charge in [-0.05, 0) is 11.3 Å². The van der Waals surface area contributed by atoms with Gasteiger partial charge in [-0.2, -0.15) is 9.90 Å². The fraction of sp³-hybridized carbons (Fsp3) is 0.600. The quantitative estimate of drug-likeness (QED) is 0.786.